The molecule has 18 heavy (non-hydrogen) atoms. The maximum Gasteiger partial charge on any atom is 0.267 e. The summed E-state index contributed by atoms with van der Waals surface area (Å²) >= 11 is 5.01. The van der Waals surface area contributed by atoms with Crippen LogP contribution in [-0.4, -0.2) is 20.0 Å². The van der Waals surface area contributed by atoms with E-state index in [9.17, 15) is 0 Å². The number of hydrogen-bond acceptors (Lipinski definition) is 5. The first-order valence-electron chi connectivity index (χ1n) is 5.38. The van der Waals surface area contributed by atoms with Gasteiger partial charge in [0.1, 0.15) is 5.69 Å². The van der Waals surface area contributed by atoms with Crippen LogP contribution in [0.3, 0.4) is 0 Å². The Labute approximate surface area is 116 Å². The lowest BCUT2D eigenvalue weighted by Gasteiger charge is -1.99. The molecule has 0 aliphatic heterocycles. The zero-order chi connectivity index (χ0) is 12.5. The van der Waals surface area contributed by atoms with E-state index in [0.717, 1.165) is 21.6 Å². The first-order chi connectivity index (χ1) is 8.79. The molecule has 3 heterocycles. The maximum absolute atomic E-state index is 5.69. The van der Waals surface area contributed by atoms with E-state index in [1.165, 1.54) is 0 Å². The van der Waals surface area contributed by atoms with Crippen molar-refractivity contribution in [3.8, 4) is 22.4 Å². The van der Waals surface area contributed by atoms with Crippen LogP contribution in [0.1, 0.15) is 6.92 Å². The van der Waals surface area contributed by atoms with E-state index in [1.54, 1.807) is 17.5 Å². The van der Waals surface area contributed by atoms with Crippen LogP contribution in [-0.2, 0) is 6.54 Å². The van der Waals surface area contributed by atoms with Crippen molar-refractivity contribution in [2.75, 3.05) is 0 Å². The van der Waals surface area contributed by atoms with Gasteiger partial charge in [-0.3, -0.25) is 4.68 Å². The molecule has 92 valence electrons. The largest absolute Gasteiger partial charge is 0.414 e. The van der Waals surface area contributed by atoms with Crippen LogP contribution in [0.5, 0.6) is 0 Å². The standard InChI is InChI=1S/C11H9BrN4OS/c1-2-16-9(7(12)6-13-16)11-15-14-10(17-11)8-4-3-5-18-8/h3-6H,2H2,1H3. The van der Waals surface area contributed by atoms with Gasteiger partial charge in [-0.25, -0.2) is 0 Å². The molecule has 3 aromatic rings. The fourth-order valence-corrected chi connectivity index (χ4v) is 2.74. The molecule has 0 spiro atoms. The Morgan fingerprint density at radius 1 is 1.39 bits per heavy atom. The van der Waals surface area contributed by atoms with Crippen LogP contribution in [0.2, 0.25) is 0 Å². The first-order valence-corrected chi connectivity index (χ1v) is 7.06. The average molecular weight is 325 g/mol. The van der Waals surface area contributed by atoms with E-state index in [2.05, 4.69) is 31.2 Å². The van der Waals surface area contributed by atoms with Gasteiger partial charge < -0.3 is 4.42 Å². The summed E-state index contributed by atoms with van der Waals surface area (Å²) in [6, 6.07) is 3.91. The monoisotopic (exact) mass is 324 g/mol. The van der Waals surface area contributed by atoms with Crippen molar-refractivity contribution in [1.82, 2.24) is 20.0 Å². The number of aromatic nitrogens is 4. The van der Waals surface area contributed by atoms with Gasteiger partial charge in [0.2, 0.25) is 0 Å². The lowest BCUT2D eigenvalue weighted by molar-refractivity contribution is 0.567. The van der Waals surface area contributed by atoms with E-state index < -0.39 is 0 Å². The van der Waals surface area contributed by atoms with Crippen LogP contribution in [0.25, 0.3) is 22.4 Å². The Balaban J connectivity index is 2.05. The third-order valence-corrected chi connectivity index (χ3v) is 3.89. The predicted molar refractivity (Wildman–Crippen MR) is 72.2 cm³/mol. The Hall–Kier alpha value is -1.47. The van der Waals surface area contributed by atoms with Crippen LogP contribution in [0.4, 0.5) is 0 Å². The number of thiophene rings is 1. The van der Waals surface area contributed by atoms with Crippen molar-refractivity contribution in [3.63, 3.8) is 0 Å². The predicted octanol–water partition coefficient (Wildman–Crippen LogP) is 3.44. The number of nitrogens with zero attached hydrogens (tertiary/aromatic N) is 4. The molecule has 5 nitrogen and oxygen atoms in total. The molecule has 0 fully saturated rings. The summed E-state index contributed by atoms with van der Waals surface area (Å²) in [4.78, 5) is 0.965. The number of hydrogen-bond donors (Lipinski definition) is 0. The number of rotatable bonds is 3. The molecule has 0 N–H and O–H groups in total. The Bertz CT molecular complexity index is 658. The van der Waals surface area contributed by atoms with E-state index in [-0.39, 0.29) is 0 Å². The highest BCUT2D eigenvalue weighted by Gasteiger charge is 2.18. The summed E-state index contributed by atoms with van der Waals surface area (Å²) in [5.41, 5.74) is 0.813. The minimum atomic E-state index is 0.477. The molecule has 0 bridgehead atoms. The zero-order valence-corrected chi connectivity index (χ0v) is 11.9. The molecule has 0 radical (unpaired) electrons. The van der Waals surface area contributed by atoms with Crippen LogP contribution < -0.4 is 0 Å². The lowest BCUT2D eigenvalue weighted by Crippen LogP contribution is -1.99. The fourth-order valence-electron chi connectivity index (χ4n) is 1.63. The molecule has 0 amide bonds. The second-order valence-corrected chi connectivity index (χ2v) is 5.35. The summed E-state index contributed by atoms with van der Waals surface area (Å²) in [6.45, 7) is 2.76. The van der Waals surface area contributed by atoms with Gasteiger partial charge in [0.05, 0.1) is 15.5 Å². The smallest absolute Gasteiger partial charge is 0.267 e. The molecule has 0 aromatic carbocycles. The van der Waals surface area contributed by atoms with Gasteiger partial charge in [-0.1, -0.05) is 6.07 Å². The molecular formula is C11H9BrN4OS. The molecule has 3 rings (SSSR count). The lowest BCUT2D eigenvalue weighted by atomic mass is 10.4. The highest BCUT2D eigenvalue weighted by atomic mass is 79.9. The fraction of sp³-hybridized carbons (Fsp3) is 0.182. The SMILES string of the molecule is CCn1ncc(Br)c1-c1nnc(-c2cccs2)o1. The number of aryl methyl sites for hydroxylation is 1. The minimum Gasteiger partial charge on any atom is -0.414 e. The summed E-state index contributed by atoms with van der Waals surface area (Å²) < 4.78 is 8.36. The van der Waals surface area contributed by atoms with Gasteiger partial charge in [-0.2, -0.15) is 5.10 Å². The molecule has 0 saturated heterocycles. The van der Waals surface area contributed by atoms with Crippen molar-refractivity contribution >= 4 is 27.3 Å². The molecule has 0 aliphatic carbocycles. The van der Waals surface area contributed by atoms with E-state index >= 15 is 0 Å². The minimum absolute atomic E-state index is 0.477. The van der Waals surface area contributed by atoms with E-state index in [4.69, 9.17) is 4.42 Å². The average Bonchev–Trinajstić information content (AvgIpc) is 3.07. The molecular weight excluding hydrogens is 316 g/mol. The summed E-state index contributed by atoms with van der Waals surface area (Å²) in [6.07, 6.45) is 1.73. The molecule has 0 atom stereocenters. The second kappa shape index (κ2) is 4.66. The first kappa shape index (κ1) is 11.6. The van der Waals surface area contributed by atoms with Gasteiger partial charge in [0, 0.05) is 6.54 Å². The molecule has 0 aliphatic rings. The highest BCUT2D eigenvalue weighted by Crippen LogP contribution is 2.30. The molecule has 7 heteroatoms. The maximum atomic E-state index is 5.69. The topological polar surface area (TPSA) is 56.7 Å². The Kier molecular flexibility index (Phi) is 3.00. The van der Waals surface area contributed by atoms with Gasteiger partial charge in [-0.05, 0) is 34.3 Å². The molecule has 0 unspecified atom stereocenters. The van der Waals surface area contributed by atoms with Crippen molar-refractivity contribution in [1.29, 1.82) is 0 Å². The summed E-state index contributed by atoms with van der Waals surface area (Å²) in [5.74, 6) is 1.01. The Morgan fingerprint density at radius 2 is 2.22 bits per heavy atom. The van der Waals surface area contributed by atoms with Crippen molar-refractivity contribution in [3.05, 3.63) is 28.2 Å². The third kappa shape index (κ3) is 1.89. The van der Waals surface area contributed by atoms with Gasteiger partial charge in [0.15, 0.2) is 0 Å². The third-order valence-electron chi connectivity index (χ3n) is 2.45. The van der Waals surface area contributed by atoms with E-state index in [0.29, 0.717) is 11.8 Å². The summed E-state index contributed by atoms with van der Waals surface area (Å²) in [7, 11) is 0. The van der Waals surface area contributed by atoms with E-state index in [1.807, 2.05) is 29.1 Å². The quantitative estimate of drug-likeness (QED) is 0.740. The number of halogens is 1. The summed E-state index contributed by atoms with van der Waals surface area (Å²) in [5, 5.41) is 14.4. The highest BCUT2D eigenvalue weighted by molar-refractivity contribution is 9.10. The normalized spacial score (nSPS) is 11.0. The molecule has 3 aromatic heterocycles. The molecule has 0 saturated carbocycles. The van der Waals surface area contributed by atoms with Crippen LogP contribution in [0.15, 0.2) is 32.6 Å². The van der Waals surface area contributed by atoms with Gasteiger partial charge in [0.25, 0.3) is 11.8 Å². The Morgan fingerprint density at radius 3 is 2.94 bits per heavy atom. The van der Waals surface area contributed by atoms with Crippen molar-refractivity contribution in [2.45, 2.75) is 13.5 Å². The zero-order valence-electron chi connectivity index (χ0n) is 9.50. The van der Waals surface area contributed by atoms with Gasteiger partial charge in [-0.15, -0.1) is 21.5 Å². The van der Waals surface area contributed by atoms with Crippen molar-refractivity contribution < 1.29 is 4.42 Å². The van der Waals surface area contributed by atoms with Gasteiger partial charge >= 0.3 is 0 Å². The second-order valence-electron chi connectivity index (χ2n) is 3.55. The van der Waals surface area contributed by atoms with Crippen LogP contribution >= 0.6 is 27.3 Å². The van der Waals surface area contributed by atoms with Crippen LogP contribution in [0, 0.1) is 0 Å². The van der Waals surface area contributed by atoms with Crippen molar-refractivity contribution in [2.24, 2.45) is 0 Å².